The summed E-state index contributed by atoms with van der Waals surface area (Å²) in [7, 11) is 0. The van der Waals surface area contributed by atoms with Gasteiger partial charge >= 0.3 is 0 Å². The van der Waals surface area contributed by atoms with Crippen molar-refractivity contribution in [3.63, 3.8) is 0 Å². The lowest BCUT2D eigenvalue weighted by Gasteiger charge is -2.05. The third-order valence-corrected chi connectivity index (χ3v) is 3.29. The highest BCUT2D eigenvalue weighted by molar-refractivity contribution is 5.45. The highest BCUT2D eigenvalue weighted by Crippen LogP contribution is 2.28. The van der Waals surface area contributed by atoms with Gasteiger partial charge in [0.15, 0.2) is 0 Å². The molecule has 0 atom stereocenters. The van der Waals surface area contributed by atoms with Crippen molar-refractivity contribution in [1.82, 2.24) is 0 Å². The van der Waals surface area contributed by atoms with Crippen molar-refractivity contribution in [2.75, 3.05) is 0 Å². The topological polar surface area (TPSA) is 0 Å². The Labute approximate surface area is 96.3 Å². The van der Waals surface area contributed by atoms with E-state index in [9.17, 15) is 0 Å². The van der Waals surface area contributed by atoms with Gasteiger partial charge in [0.05, 0.1) is 0 Å². The smallest absolute Gasteiger partial charge is 0.00142 e. The minimum atomic E-state index is 1.05. The molecule has 0 saturated heterocycles. The molecule has 16 heavy (non-hydrogen) atoms. The minimum absolute atomic E-state index is 1.05. The summed E-state index contributed by atoms with van der Waals surface area (Å²) in [6, 6.07) is 8.77. The van der Waals surface area contributed by atoms with Gasteiger partial charge in [0.25, 0.3) is 0 Å². The van der Waals surface area contributed by atoms with Crippen LogP contribution in [0.2, 0.25) is 0 Å². The van der Waals surface area contributed by atoms with Crippen molar-refractivity contribution >= 4 is 0 Å². The lowest BCUT2D eigenvalue weighted by Crippen LogP contribution is -1.91. The molecule has 2 aliphatic rings. The summed E-state index contributed by atoms with van der Waals surface area (Å²) in [5.74, 6) is 0. The van der Waals surface area contributed by atoms with Crippen LogP contribution < -0.4 is 0 Å². The molecule has 0 bridgehead atoms. The number of aryl methyl sites for hydroxylation is 1. The molecule has 0 heterocycles. The number of benzene rings is 1. The SMILES string of the molecule is C1=CC=CC=C2Cc3ccccc3CCC=12. The first kappa shape index (κ1) is 9.45. The summed E-state index contributed by atoms with van der Waals surface area (Å²) >= 11 is 0. The minimum Gasteiger partial charge on any atom is -0.117 e. The van der Waals surface area contributed by atoms with Gasteiger partial charge in [-0.1, -0.05) is 42.5 Å². The van der Waals surface area contributed by atoms with Crippen LogP contribution in [-0.4, -0.2) is 0 Å². The zero-order valence-electron chi connectivity index (χ0n) is 9.24. The second-order valence-electron chi connectivity index (χ2n) is 4.31. The molecule has 1 aromatic carbocycles. The zero-order chi connectivity index (χ0) is 10.8. The van der Waals surface area contributed by atoms with E-state index in [-0.39, 0.29) is 0 Å². The van der Waals surface area contributed by atoms with Crippen LogP contribution in [0.3, 0.4) is 0 Å². The molecule has 2 aliphatic carbocycles. The molecule has 0 N–H and O–H groups in total. The van der Waals surface area contributed by atoms with Crippen LogP contribution in [-0.2, 0) is 12.8 Å². The number of hydrogen-bond donors (Lipinski definition) is 0. The van der Waals surface area contributed by atoms with Gasteiger partial charge in [0.2, 0.25) is 0 Å². The molecule has 0 amide bonds. The van der Waals surface area contributed by atoms with Crippen LogP contribution in [0.25, 0.3) is 0 Å². The van der Waals surface area contributed by atoms with E-state index in [4.69, 9.17) is 0 Å². The molecule has 0 spiro atoms. The molecule has 0 radical (unpaired) electrons. The van der Waals surface area contributed by atoms with Gasteiger partial charge in [0, 0.05) is 0 Å². The molecular weight excluding hydrogens is 192 g/mol. The van der Waals surface area contributed by atoms with Gasteiger partial charge < -0.3 is 0 Å². The normalized spacial score (nSPS) is 17.8. The standard InChI is InChI=1S/C16H14/c1-2-6-13-10-11-14-7-4-5-9-16(14)12-15(13)8-3-1/h1-5,7-9H,10-12H2. The quantitative estimate of drug-likeness (QED) is 0.567. The van der Waals surface area contributed by atoms with E-state index in [1.807, 2.05) is 6.08 Å². The molecule has 0 fully saturated rings. The average Bonchev–Trinajstić information content (AvgIpc) is 2.61. The molecule has 0 aliphatic heterocycles. The van der Waals surface area contributed by atoms with Crippen LogP contribution in [0, 0.1) is 0 Å². The number of allylic oxidation sites excluding steroid dienone is 5. The van der Waals surface area contributed by atoms with Crippen molar-refractivity contribution in [3.05, 3.63) is 76.6 Å². The maximum absolute atomic E-state index is 3.39. The molecule has 0 saturated carbocycles. The first-order valence-corrected chi connectivity index (χ1v) is 5.82. The molecule has 0 heteroatoms. The lowest BCUT2D eigenvalue weighted by molar-refractivity contribution is 0.969. The highest BCUT2D eigenvalue weighted by Gasteiger charge is 2.14. The van der Waals surface area contributed by atoms with E-state index in [2.05, 4.69) is 48.2 Å². The predicted octanol–water partition coefficient (Wildman–Crippen LogP) is 3.75. The highest BCUT2D eigenvalue weighted by atomic mass is 14.2. The average molecular weight is 206 g/mol. The lowest BCUT2D eigenvalue weighted by atomic mass is 10.00. The van der Waals surface area contributed by atoms with Crippen molar-refractivity contribution in [2.24, 2.45) is 0 Å². The molecule has 78 valence electrons. The fraction of sp³-hybridized carbons (Fsp3) is 0.188. The second kappa shape index (κ2) is 4.00. The van der Waals surface area contributed by atoms with Gasteiger partial charge in [0.1, 0.15) is 0 Å². The Hall–Kier alpha value is -1.78. The Kier molecular flexibility index (Phi) is 2.36. The van der Waals surface area contributed by atoms with Crippen LogP contribution in [0.4, 0.5) is 0 Å². The third kappa shape index (κ3) is 1.68. The summed E-state index contributed by atoms with van der Waals surface area (Å²) in [5.41, 5.74) is 9.17. The van der Waals surface area contributed by atoms with Crippen LogP contribution in [0.1, 0.15) is 17.5 Å². The fourth-order valence-electron chi connectivity index (χ4n) is 2.41. The van der Waals surface area contributed by atoms with Gasteiger partial charge in [-0.25, -0.2) is 0 Å². The van der Waals surface area contributed by atoms with E-state index >= 15 is 0 Å². The summed E-state index contributed by atoms with van der Waals surface area (Å²) < 4.78 is 0. The number of fused-ring (bicyclic) bond motifs is 2. The van der Waals surface area contributed by atoms with Gasteiger partial charge in [-0.3, -0.25) is 0 Å². The van der Waals surface area contributed by atoms with Gasteiger partial charge in [-0.2, -0.15) is 0 Å². The first-order valence-electron chi connectivity index (χ1n) is 5.82. The maximum Gasteiger partial charge on any atom is -0.00142 e. The van der Waals surface area contributed by atoms with E-state index in [0.29, 0.717) is 0 Å². The Balaban J connectivity index is 2.08. The zero-order valence-corrected chi connectivity index (χ0v) is 9.24. The summed E-state index contributed by atoms with van der Waals surface area (Å²) in [5, 5.41) is 0. The Morgan fingerprint density at radius 1 is 0.938 bits per heavy atom. The van der Waals surface area contributed by atoms with E-state index in [0.717, 1.165) is 19.3 Å². The van der Waals surface area contributed by atoms with Crippen molar-refractivity contribution in [1.29, 1.82) is 0 Å². The summed E-state index contributed by atoms with van der Waals surface area (Å²) in [6.45, 7) is 0. The molecule has 3 rings (SSSR count). The summed E-state index contributed by atoms with van der Waals surface area (Å²) in [6.07, 6.45) is 11.7. The Morgan fingerprint density at radius 3 is 2.75 bits per heavy atom. The predicted molar refractivity (Wildman–Crippen MR) is 67.3 cm³/mol. The largest absolute Gasteiger partial charge is 0.117 e. The first-order chi connectivity index (χ1) is 7.93. The molecule has 1 aromatic rings. The number of rotatable bonds is 0. The van der Waals surface area contributed by atoms with Crippen LogP contribution >= 0.6 is 0 Å². The van der Waals surface area contributed by atoms with Gasteiger partial charge in [-0.15, -0.1) is 5.73 Å². The van der Waals surface area contributed by atoms with Gasteiger partial charge in [-0.05, 0) is 47.6 Å². The van der Waals surface area contributed by atoms with Crippen LogP contribution in [0.5, 0.6) is 0 Å². The number of hydrogen-bond acceptors (Lipinski definition) is 0. The third-order valence-electron chi connectivity index (χ3n) is 3.29. The molecule has 0 unspecified atom stereocenters. The van der Waals surface area contributed by atoms with Crippen LogP contribution in [0.15, 0.2) is 65.4 Å². The molecular formula is C16H14. The monoisotopic (exact) mass is 206 g/mol. The van der Waals surface area contributed by atoms with Crippen molar-refractivity contribution < 1.29 is 0 Å². The summed E-state index contributed by atoms with van der Waals surface area (Å²) in [4.78, 5) is 0. The molecule has 0 nitrogen and oxygen atoms in total. The maximum atomic E-state index is 3.39. The van der Waals surface area contributed by atoms with Crippen molar-refractivity contribution in [3.8, 4) is 0 Å². The fourth-order valence-corrected chi connectivity index (χ4v) is 2.41. The van der Waals surface area contributed by atoms with E-state index in [1.54, 1.807) is 0 Å². The molecule has 0 aromatic heterocycles. The Bertz CT molecular complexity index is 535. The van der Waals surface area contributed by atoms with E-state index in [1.165, 1.54) is 22.3 Å². The van der Waals surface area contributed by atoms with Crippen molar-refractivity contribution in [2.45, 2.75) is 19.3 Å². The Morgan fingerprint density at radius 2 is 1.81 bits per heavy atom. The second-order valence-corrected chi connectivity index (χ2v) is 4.31. The van der Waals surface area contributed by atoms with E-state index < -0.39 is 0 Å².